The van der Waals surface area contributed by atoms with E-state index in [0.717, 1.165) is 34.7 Å². The Balaban J connectivity index is 0.00000146. The highest BCUT2D eigenvalue weighted by atomic mass is 19.4. The summed E-state index contributed by atoms with van der Waals surface area (Å²) in [5.41, 5.74) is 2.41. The lowest BCUT2D eigenvalue weighted by molar-refractivity contribution is -0.141. The number of ether oxygens (including phenoxy) is 1. The molecule has 0 spiro atoms. The molecule has 29 heavy (non-hydrogen) atoms. The van der Waals surface area contributed by atoms with Crippen molar-refractivity contribution in [1.29, 1.82) is 0 Å². The van der Waals surface area contributed by atoms with Gasteiger partial charge in [-0.25, -0.2) is 9.97 Å². The standard InChI is InChI=1S/C20H18F3N3O.C2H6.H2/c1-3-27-17-6-4-5-14(12-17)15-9-13(2)10-16(11-15)25-19-24-8-7-18(26-19)20(21,22)23;1-2;/h4-12H,3H2,1-2H3,(H,24,25,26);1-2H3;1H. The van der Waals surface area contributed by atoms with E-state index in [1.807, 2.05) is 70.2 Å². The van der Waals surface area contributed by atoms with Crippen molar-refractivity contribution in [3.05, 3.63) is 66.0 Å². The predicted molar refractivity (Wildman–Crippen MR) is 112 cm³/mol. The molecule has 0 aliphatic heterocycles. The van der Waals surface area contributed by atoms with Gasteiger partial charge in [0.2, 0.25) is 5.95 Å². The second-order valence-corrected chi connectivity index (χ2v) is 5.94. The molecule has 0 radical (unpaired) electrons. The molecule has 7 heteroatoms. The highest BCUT2D eigenvalue weighted by Gasteiger charge is 2.32. The molecular weight excluding hydrogens is 379 g/mol. The molecule has 3 aromatic rings. The Bertz CT molecular complexity index is 949. The quantitative estimate of drug-likeness (QED) is 0.502. The van der Waals surface area contributed by atoms with E-state index in [1.165, 1.54) is 0 Å². The minimum Gasteiger partial charge on any atom is -0.494 e. The molecule has 0 bridgehead atoms. The minimum atomic E-state index is -4.52. The average molecular weight is 405 g/mol. The molecule has 0 saturated heterocycles. The monoisotopic (exact) mass is 405 g/mol. The number of aryl methyl sites for hydroxylation is 1. The first kappa shape index (κ1) is 22.2. The van der Waals surface area contributed by atoms with Crippen LogP contribution in [0.25, 0.3) is 11.1 Å². The number of benzene rings is 2. The van der Waals surface area contributed by atoms with E-state index in [0.29, 0.717) is 12.3 Å². The van der Waals surface area contributed by atoms with Crippen LogP contribution in [-0.2, 0) is 6.18 Å². The first-order valence-electron chi connectivity index (χ1n) is 9.37. The third-order valence-electron chi connectivity index (χ3n) is 3.76. The van der Waals surface area contributed by atoms with Crippen molar-refractivity contribution in [2.45, 2.75) is 33.9 Å². The number of halogens is 3. The third-order valence-corrected chi connectivity index (χ3v) is 3.76. The summed E-state index contributed by atoms with van der Waals surface area (Å²) >= 11 is 0. The van der Waals surface area contributed by atoms with Gasteiger partial charge in [-0.05, 0) is 60.9 Å². The number of rotatable bonds is 5. The molecule has 1 aromatic heterocycles. The zero-order chi connectivity index (χ0) is 21.4. The van der Waals surface area contributed by atoms with Crippen molar-refractivity contribution in [2.75, 3.05) is 11.9 Å². The van der Waals surface area contributed by atoms with Gasteiger partial charge in [0.1, 0.15) is 11.4 Å². The van der Waals surface area contributed by atoms with Crippen LogP contribution in [0, 0.1) is 6.92 Å². The van der Waals surface area contributed by atoms with E-state index >= 15 is 0 Å². The summed E-state index contributed by atoms with van der Waals surface area (Å²) in [7, 11) is 0. The Morgan fingerprint density at radius 2 is 1.79 bits per heavy atom. The van der Waals surface area contributed by atoms with Crippen LogP contribution in [-0.4, -0.2) is 16.6 Å². The summed E-state index contributed by atoms with van der Waals surface area (Å²) in [5, 5.41) is 2.85. The summed E-state index contributed by atoms with van der Waals surface area (Å²) in [6.07, 6.45) is -3.43. The smallest absolute Gasteiger partial charge is 0.433 e. The minimum absolute atomic E-state index is 0. The Labute approximate surface area is 170 Å². The van der Waals surface area contributed by atoms with Crippen LogP contribution in [0.2, 0.25) is 0 Å². The highest BCUT2D eigenvalue weighted by molar-refractivity contribution is 5.71. The van der Waals surface area contributed by atoms with Gasteiger partial charge in [-0.1, -0.05) is 32.0 Å². The van der Waals surface area contributed by atoms with E-state index in [4.69, 9.17) is 4.74 Å². The number of nitrogens with zero attached hydrogens (tertiary/aromatic N) is 2. The van der Waals surface area contributed by atoms with E-state index in [2.05, 4.69) is 15.3 Å². The molecule has 0 aliphatic rings. The fourth-order valence-electron chi connectivity index (χ4n) is 2.66. The number of hydrogen-bond donors (Lipinski definition) is 1. The molecule has 156 valence electrons. The number of hydrogen-bond acceptors (Lipinski definition) is 4. The Morgan fingerprint density at radius 1 is 1.03 bits per heavy atom. The van der Waals surface area contributed by atoms with Gasteiger partial charge < -0.3 is 10.1 Å². The maximum atomic E-state index is 12.8. The molecule has 3 rings (SSSR count). The SMILES string of the molecule is CC.CCOc1cccc(-c2cc(C)cc(Nc3nccc(C(F)(F)F)n3)c2)c1.[HH]. The molecule has 0 unspecified atom stereocenters. The molecule has 1 heterocycles. The van der Waals surface area contributed by atoms with Gasteiger partial charge in [-0.3, -0.25) is 0 Å². The lowest BCUT2D eigenvalue weighted by Gasteiger charge is -2.12. The summed E-state index contributed by atoms with van der Waals surface area (Å²) in [4.78, 5) is 7.42. The van der Waals surface area contributed by atoms with E-state index in [9.17, 15) is 13.2 Å². The van der Waals surface area contributed by atoms with Crippen LogP contribution in [0.5, 0.6) is 5.75 Å². The van der Waals surface area contributed by atoms with Crippen molar-refractivity contribution in [3.8, 4) is 16.9 Å². The van der Waals surface area contributed by atoms with Crippen LogP contribution in [0.15, 0.2) is 54.7 Å². The van der Waals surface area contributed by atoms with Gasteiger partial charge >= 0.3 is 6.18 Å². The summed E-state index contributed by atoms with van der Waals surface area (Å²) in [5.74, 6) is 0.650. The molecule has 0 saturated carbocycles. The molecule has 2 aromatic carbocycles. The third kappa shape index (κ3) is 6.20. The van der Waals surface area contributed by atoms with Crippen molar-refractivity contribution < 1.29 is 19.3 Å². The van der Waals surface area contributed by atoms with Crippen LogP contribution in [0.4, 0.5) is 24.8 Å². The van der Waals surface area contributed by atoms with Gasteiger partial charge in [0, 0.05) is 13.3 Å². The molecule has 0 fully saturated rings. The van der Waals surface area contributed by atoms with E-state index in [1.54, 1.807) is 0 Å². The zero-order valence-corrected chi connectivity index (χ0v) is 16.8. The normalized spacial score (nSPS) is 10.7. The van der Waals surface area contributed by atoms with Gasteiger partial charge in [-0.2, -0.15) is 13.2 Å². The molecular formula is C22H26F3N3O. The highest BCUT2D eigenvalue weighted by Crippen LogP contribution is 2.30. The molecule has 0 atom stereocenters. The van der Waals surface area contributed by atoms with Crippen molar-refractivity contribution in [1.82, 2.24) is 9.97 Å². The topological polar surface area (TPSA) is 47.0 Å². The maximum Gasteiger partial charge on any atom is 0.433 e. The van der Waals surface area contributed by atoms with Gasteiger partial charge in [0.25, 0.3) is 0 Å². The zero-order valence-electron chi connectivity index (χ0n) is 16.8. The number of anilines is 2. The number of aromatic nitrogens is 2. The molecule has 0 amide bonds. The fourth-order valence-corrected chi connectivity index (χ4v) is 2.66. The number of nitrogens with one attached hydrogen (secondary N) is 1. The summed E-state index contributed by atoms with van der Waals surface area (Å²) in [6, 6.07) is 14.1. The van der Waals surface area contributed by atoms with Crippen LogP contribution >= 0.6 is 0 Å². The first-order valence-corrected chi connectivity index (χ1v) is 9.37. The molecule has 1 N–H and O–H groups in total. The Kier molecular flexibility index (Phi) is 7.59. The molecule has 0 aliphatic carbocycles. The lowest BCUT2D eigenvalue weighted by Crippen LogP contribution is -2.10. The maximum absolute atomic E-state index is 12.8. The molecule has 4 nitrogen and oxygen atoms in total. The van der Waals surface area contributed by atoms with Gasteiger partial charge in [0.05, 0.1) is 6.61 Å². The van der Waals surface area contributed by atoms with Crippen molar-refractivity contribution in [3.63, 3.8) is 0 Å². The fraction of sp³-hybridized carbons (Fsp3) is 0.273. The van der Waals surface area contributed by atoms with Gasteiger partial charge in [-0.15, -0.1) is 0 Å². The summed E-state index contributed by atoms with van der Waals surface area (Å²) < 4.78 is 44.0. The first-order chi connectivity index (χ1) is 13.8. The van der Waals surface area contributed by atoms with Crippen LogP contribution in [0.3, 0.4) is 0 Å². The second-order valence-electron chi connectivity index (χ2n) is 5.94. The van der Waals surface area contributed by atoms with Gasteiger partial charge in [0.15, 0.2) is 0 Å². The average Bonchev–Trinajstić information content (AvgIpc) is 2.69. The van der Waals surface area contributed by atoms with E-state index < -0.39 is 11.9 Å². The van der Waals surface area contributed by atoms with Crippen LogP contribution in [0.1, 0.15) is 33.5 Å². The van der Waals surface area contributed by atoms with E-state index in [-0.39, 0.29) is 7.37 Å². The number of alkyl halides is 3. The lowest BCUT2D eigenvalue weighted by atomic mass is 10.0. The Morgan fingerprint density at radius 3 is 2.48 bits per heavy atom. The second kappa shape index (κ2) is 9.91. The van der Waals surface area contributed by atoms with Crippen molar-refractivity contribution >= 4 is 11.6 Å². The largest absolute Gasteiger partial charge is 0.494 e. The predicted octanol–water partition coefficient (Wildman–Crippen LogP) is 6.89. The Hall–Kier alpha value is -3.09. The van der Waals surface area contributed by atoms with Crippen LogP contribution < -0.4 is 10.1 Å². The van der Waals surface area contributed by atoms with Crippen molar-refractivity contribution in [2.24, 2.45) is 0 Å². The summed E-state index contributed by atoms with van der Waals surface area (Å²) in [6.45, 7) is 8.39.